The van der Waals surface area contributed by atoms with Crippen LogP contribution in [-0.4, -0.2) is 70.8 Å². The summed E-state index contributed by atoms with van der Waals surface area (Å²) >= 11 is 6.13. The van der Waals surface area contributed by atoms with Crippen LogP contribution in [0.5, 0.6) is 0 Å². The van der Waals surface area contributed by atoms with Crippen molar-refractivity contribution in [2.45, 2.75) is 19.8 Å². The first kappa shape index (κ1) is 26.9. The largest absolute Gasteiger partial charge is 0.385 e. The molecule has 0 saturated heterocycles. The number of anilines is 1. The molecule has 0 aromatic heterocycles. The quantitative estimate of drug-likeness (QED) is 0.179. The molecule has 0 fully saturated rings. The molecule has 0 unspecified atom stereocenters. The van der Waals surface area contributed by atoms with E-state index in [9.17, 15) is 4.79 Å². The number of aryl methyl sites for hydroxylation is 1. The molecule has 0 aliphatic rings. The predicted octanol–water partition coefficient (Wildman–Crippen LogP) is 2.73. The van der Waals surface area contributed by atoms with Crippen LogP contribution in [0.2, 0.25) is 5.02 Å². The molecule has 0 spiro atoms. The Morgan fingerprint density at radius 3 is 2.61 bits per heavy atom. The van der Waals surface area contributed by atoms with Crippen molar-refractivity contribution in [3.8, 4) is 0 Å². The Hall–Kier alpha value is -1.10. The minimum absolute atomic E-state index is 0. The smallest absolute Gasteiger partial charge is 0.226 e. The van der Waals surface area contributed by atoms with Crippen molar-refractivity contribution in [3.63, 3.8) is 0 Å². The van der Waals surface area contributed by atoms with Gasteiger partial charge in [-0.05, 0) is 38.1 Å². The van der Waals surface area contributed by atoms with Gasteiger partial charge in [-0.3, -0.25) is 9.79 Å². The average molecular weight is 526 g/mol. The highest BCUT2D eigenvalue weighted by atomic mass is 127. The number of methoxy groups -OCH3 is 1. The van der Waals surface area contributed by atoms with E-state index in [1.807, 2.05) is 25.1 Å². The van der Waals surface area contributed by atoms with Gasteiger partial charge in [0.2, 0.25) is 5.91 Å². The molecule has 0 aliphatic carbocycles. The van der Waals surface area contributed by atoms with Gasteiger partial charge in [0, 0.05) is 53.4 Å². The van der Waals surface area contributed by atoms with Crippen molar-refractivity contribution in [2.75, 3.05) is 59.3 Å². The molecule has 1 aromatic carbocycles. The first-order valence-electron chi connectivity index (χ1n) is 9.14. The highest BCUT2D eigenvalue weighted by Gasteiger charge is 2.07. The third kappa shape index (κ3) is 11.7. The molecule has 1 rings (SSSR count). The standard InChI is InChI=1S/C19H32ClN5O2.HI/c1-15-6-7-17(16(20)14-15)24-18(26)8-9-22-19(21-2)23-10-12-25(3)11-5-13-27-4;/h6-7,14H,5,8-13H2,1-4H3,(H,24,26)(H2,21,22,23);1H. The molecule has 9 heteroatoms. The summed E-state index contributed by atoms with van der Waals surface area (Å²) in [6, 6.07) is 5.55. The van der Waals surface area contributed by atoms with Crippen LogP contribution in [0.1, 0.15) is 18.4 Å². The summed E-state index contributed by atoms with van der Waals surface area (Å²) in [4.78, 5) is 18.5. The second-order valence-electron chi connectivity index (χ2n) is 6.36. The molecule has 0 saturated carbocycles. The van der Waals surface area contributed by atoms with Gasteiger partial charge in [0.25, 0.3) is 0 Å². The van der Waals surface area contributed by atoms with Gasteiger partial charge in [-0.25, -0.2) is 0 Å². The molecule has 1 amide bonds. The highest BCUT2D eigenvalue weighted by Crippen LogP contribution is 2.22. The first-order chi connectivity index (χ1) is 13.0. The fourth-order valence-electron chi connectivity index (χ4n) is 2.41. The van der Waals surface area contributed by atoms with Gasteiger partial charge in [0.1, 0.15) is 0 Å². The van der Waals surface area contributed by atoms with Gasteiger partial charge in [0.15, 0.2) is 5.96 Å². The van der Waals surface area contributed by atoms with Crippen molar-refractivity contribution in [3.05, 3.63) is 28.8 Å². The number of benzene rings is 1. The van der Waals surface area contributed by atoms with Gasteiger partial charge >= 0.3 is 0 Å². The van der Waals surface area contributed by atoms with E-state index in [0.29, 0.717) is 29.6 Å². The van der Waals surface area contributed by atoms with Crippen molar-refractivity contribution >= 4 is 53.1 Å². The van der Waals surface area contributed by atoms with Crippen molar-refractivity contribution in [1.29, 1.82) is 0 Å². The number of hydrogen-bond donors (Lipinski definition) is 3. The third-order valence-corrected chi connectivity index (χ3v) is 4.25. The Bertz CT molecular complexity index is 616. The molecule has 7 nitrogen and oxygen atoms in total. The number of rotatable bonds is 11. The zero-order valence-electron chi connectivity index (χ0n) is 17.2. The number of aliphatic imine (C=N–C) groups is 1. The van der Waals surface area contributed by atoms with E-state index >= 15 is 0 Å². The Morgan fingerprint density at radius 2 is 1.96 bits per heavy atom. The molecule has 0 radical (unpaired) electrons. The van der Waals surface area contributed by atoms with Crippen molar-refractivity contribution in [1.82, 2.24) is 15.5 Å². The number of likely N-dealkylation sites (N-methyl/N-ethyl adjacent to an activating group) is 1. The fraction of sp³-hybridized carbons (Fsp3) is 0.579. The van der Waals surface area contributed by atoms with Gasteiger partial charge in [-0.2, -0.15) is 0 Å². The second kappa shape index (κ2) is 15.8. The lowest BCUT2D eigenvalue weighted by molar-refractivity contribution is -0.116. The number of nitrogens with one attached hydrogen (secondary N) is 3. The summed E-state index contributed by atoms with van der Waals surface area (Å²) in [5.41, 5.74) is 1.69. The first-order valence-corrected chi connectivity index (χ1v) is 9.52. The number of carbonyl (C=O) groups excluding carboxylic acids is 1. The molecular formula is C19H33ClIN5O2. The number of halogens is 2. The molecule has 0 aliphatic heterocycles. The summed E-state index contributed by atoms with van der Waals surface area (Å²) in [5, 5.41) is 9.75. The maximum absolute atomic E-state index is 12.1. The van der Waals surface area contributed by atoms with Crippen LogP contribution in [0.25, 0.3) is 0 Å². The maximum atomic E-state index is 12.1. The highest BCUT2D eigenvalue weighted by molar-refractivity contribution is 14.0. The molecule has 160 valence electrons. The van der Waals surface area contributed by atoms with E-state index in [-0.39, 0.29) is 29.9 Å². The van der Waals surface area contributed by atoms with E-state index in [4.69, 9.17) is 16.3 Å². The normalized spacial score (nSPS) is 11.1. The number of guanidine groups is 1. The third-order valence-electron chi connectivity index (χ3n) is 3.94. The van der Waals surface area contributed by atoms with Crippen LogP contribution in [0.15, 0.2) is 23.2 Å². The van der Waals surface area contributed by atoms with Gasteiger partial charge in [0.05, 0.1) is 10.7 Å². The maximum Gasteiger partial charge on any atom is 0.226 e. The molecule has 28 heavy (non-hydrogen) atoms. The predicted molar refractivity (Wildman–Crippen MR) is 128 cm³/mol. The summed E-state index contributed by atoms with van der Waals surface area (Å²) in [7, 11) is 5.50. The Balaban J connectivity index is 0.00000729. The Morgan fingerprint density at radius 1 is 1.25 bits per heavy atom. The van der Waals surface area contributed by atoms with Crippen LogP contribution < -0.4 is 16.0 Å². The lowest BCUT2D eigenvalue weighted by Crippen LogP contribution is -2.42. The van der Waals surface area contributed by atoms with Crippen LogP contribution >= 0.6 is 35.6 Å². The fourth-order valence-corrected chi connectivity index (χ4v) is 2.69. The number of ether oxygens (including phenoxy) is 1. The Kier molecular flexibility index (Phi) is 15.2. The summed E-state index contributed by atoms with van der Waals surface area (Å²) in [6.45, 7) is 5.88. The summed E-state index contributed by atoms with van der Waals surface area (Å²) in [6.07, 6.45) is 1.34. The molecule has 0 bridgehead atoms. The zero-order valence-corrected chi connectivity index (χ0v) is 20.3. The molecule has 0 atom stereocenters. The van der Waals surface area contributed by atoms with Crippen LogP contribution in [0.4, 0.5) is 5.69 Å². The number of amides is 1. The lowest BCUT2D eigenvalue weighted by Gasteiger charge is -2.18. The van der Waals surface area contributed by atoms with E-state index in [2.05, 4.69) is 32.9 Å². The van der Waals surface area contributed by atoms with Gasteiger partial charge < -0.3 is 25.6 Å². The molecule has 3 N–H and O–H groups in total. The average Bonchev–Trinajstić information content (AvgIpc) is 2.63. The zero-order chi connectivity index (χ0) is 20.1. The summed E-state index contributed by atoms with van der Waals surface area (Å²) in [5.74, 6) is 0.586. The minimum Gasteiger partial charge on any atom is -0.385 e. The molecular weight excluding hydrogens is 493 g/mol. The minimum atomic E-state index is -0.0958. The van der Waals surface area contributed by atoms with Crippen LogP contribution in [-0.2, 0) is 9.53 Å². The number of nitrogens with zero attached hydrogens (tertiary/aromatic N) is 2. The van der Waals surface area contributed by atoms with Crippen LogP contribution in [0.3, 0.4) is 0 Å². The van der Waals surface area contributed by atoms with E-state index in [0.717, 1.165) is 38.2 Å². The topological polar surface area (TPSA) is 78.0 Å². The van der Waals surface area contributed by atoms with E-state index in [1.165, 1.54) is 0 Å². The molecule has 0 heterocycles. The summed E-state index contributed by atoms with van der Waals surface area (Å²) < 4.78 is 5.05. The second-order valence-corrected chi connectivity index (χ2v) is 6.76. The number of hydrogen-bond acceptors (Lipinski definition) is 4. The van der Waals surface area contributed by atoms with Gasteiger partial charge in [-0.15, -0.1) is 24.0 Å². The van der Waals surface area contributed by atoms with E-state index < -0.39 is 0 Å². The van der Waals surface area contributed by atoms with Crippen LogP contribution in [0, 0.1) is 6.92 Å². The van der Waals surface area contributed by atoms with Crippen molar-refractivity contribution < 1.29 is 9.53 Å². The number of carbonyl (C=O) groups is 1. The van der Waals surface area contributed by atoms with Crippen molar-refractivity contribution in [2.24, 2.45) is 4.99 Å². The van der Waals surface area contributed by atoms with E-state index in [1.54, 1.807) is 14.2 Å². The Labute approximate surface area is 190 Å². The SMILES string of the molecule is CN=C(NCCC(=O)Nc1ccc(C)cc1Cl)NCCN(C)CCCOC.I. The van der Waals surface area contributed by atoms with Gasteiger partial charge in [-0.1, -0.05) is 17.7 Å². The molecule has 1 aromatic rings. The monoisotopic (exact) mass is 525 g/mol. The lowest BCUT2D eigenvalue weighted by atomic mass is 10.2.